The van der Waals surface area contributed by atoms with E-state index in [1.54, 1.807) is 6.92 Å². The molecule has 0 saturated carbocycles. The summed E-state index contributed by atoms with van der Waals surface area (Å²) in [5, 5.41) is 0. The fraction of sp³-hybridized carbons (Fsp3) is 1.00. The highest BCUT2D eigenvalue weighted by atomic mass is 19.3. The Hall–Kier alpha value is -0.430. The molecule has 0 unspecified atom stereocenters. The molecule has 0 N–H and O–H groups in total. The van der Waals surface area contributed by atoms with Crippen LogP contribution < -0.4 is 0 Å². The van der Waals surface area contributed by atoms with Crippen LogP contribution in [0, 0.1) is 0 Å². The van der Waals surface area contributed by atoms with Crippen molar-refractivity contribution in [3.05, 3.63) is 0 Å². The lowest BCUT2D eigenvalue weighted by atomic mass is 10.1. The van der Waals surface area contributed by atoms with Crippen LogP contribution in [0.25, 0.3) is 0 Å². The van der Waals surface area contributed by atoms with Gasteiger partial charge in [0.15, 0.2) is 5.67 Å². The van der Waals surface area contributed by atoms with Crippen molar-refractivity contribution >= 4 is 0 Å². The molecule has 0 bridgehead atoms. The molecule has 16 heavy (non-hydrogen) atoms. The molecular formula is C9H15F5O2. The maximum absolute atomic E-state index is 12.8. The maximum Gasteiger partial charge on any atom is 0.490 e. The van der Waals surface area contributed by atoms with Gasteiger partial charge in [-0.25, -0.2) is 9.13 Å². The van der Waals surface area contributed by atoms with Crippen LogP contribution in [-0.2, 0) is 9.47 Å². The van der Waals surface area contributed by atoms with Crippen molar-refractivity contribution < 1.29 is 31.4 Å². The van der Waals surface area contributed by atoms with Crippen molar-refractivity contribution in [2.24, 2.45) is 0 Å². The molecule has 0 fully saturated rings. The van der Waals surface area contributed by atoms with E-state index in [9.17, 15) is 22.0 Å². The Kier molecular flexibility index (Phi) is 5.13. The average Bonchev–Trinajstić information content (AvgIpc) is 1.99. The zero-order valence-electron chi connectivity index (χ0n) is 9.33. The second kappa shape index (κ2) is 5.27. The molecule has 2 nitrogen and oxygen atoms in total. The minimum Gasteiger partial charge on any atom is -0.296 e. The van der Waals surface area contributed by atoms with Gasteiger partial charge in [0.05, 0.1) is 6.61 Å². The third-order valence-electron chi connectivity index (χ3n) is 1.71. The second-order valence-corrected chi connectivity index (χ2v) is 3.76. The highest BCUT2D eigenvalue weighted by molar-refractivity contribution is 4.77. The van der Waals surface area contributed by atoms with Gasteiger partial charge in [0, 0.05) is 0 Å². The van der Waals surface area contributed by atoms with Gasteiger partial charge in [-0.3, -0.25) is 4.74 Å². The van der Waals surface area contributed by atoms with Crippen LogP contribution in [-0.4, -0.2) is 24.7 Å². The first-order valence-electron chi connectivity index (χ1n) is 4.80. The van der Waals surface area contributed by atoms with Gasteiger partial charge >= 0.3 is 12.4 Å². The van der Waals surface area contributed by atoms with E-state index in [0.29, 0.717) is 20.3 Å². The van der Waals surface area contributed by atoms with Crippen molar-refractivity contribution in [3.63, 3.8) is 0 Å². The Morgan fingerprint density at radius 2 is 1.50 bits per heavy atom. The third kappa shape index (κ3) is 5.07. The number of alkyl halides is 5. The SMILES string of the molecule is CCCCOC(F)(F)OC(F)(F)C(C)(C)F. The van der Waals surface area contributed by atoms with Gasteiger partial charge < -0.3 is 0 Å². The molecule has 0 aromatic rings. The molecule has 0 aliphatic carbocycles. The van der Waals surface area contributed by atoms with E-state index in [-0.39, 0.29) is 6.42 Å². The summed E-state index contributed by atoms with van der Waals surface area (Å²) < 4.78 is 70.6. The molecule has 0 spiro atoms. The Bertz CT molecular complexity index is 212. The highest BCUT2D eigenvalue weighted by Gasteiger charge is 2.56. The maximum atomic E-state index is 12.8. The molecule has 0 rings (SSSR count). The molecule has 0 amide bonds. The molecule has 0 aliphatic heterocycles. The molecule has 0 aromatic heterocycles. The summed E-state index contributed by atoms with van der Waals surface area (Å²) in [7, 11) is 0. The fourth-order valence-corrected chi connectivity index (χ4v) is 0.635. The van der Waals surface area contributed by atoms with Crippen LogP contribution in [0.3, 0.4) is 0 Å². The number of ether oxygens (including phenoxy) is 2. The van der Waals surface area contributed by atoms with Crippen LogP contribution in [0.2, 0.25) is 0 Å². The normalized spacial score (nSPS) is 14.2. The van der Waals surface area contributed by atoms with Crippen molar-refractivity contribution in [2.75, 3.05) is 6.61 Å². The van der Waals surface area contributed by atoms with Gasteiger partial charge in [0.1, 0.15) is 0 Å². The topological polar surface area (TPSA) is 18.5 Å². The number of halogens is 5. The lowest BCUT2D eigenvalue weighted by Gasteiger charge is -2.29. The lowest BCUT2D eigenvalue weighted by molar-refractivity contribution is -0.483. The zero-order valence-corrected chi connectivity index (χ0v) is 9.33. The Morgan fingerprint density at radius 3 is 1.88 bits per heavy atom. The van der Waals surface area contributed by atoms with E-state index in [1.807, 2.05) is 0 Å². The van der Waals surface area contributed by atoms with E-state index in [4.69, 9.17) is 0 Å². The van der Waals surface area contributed by atoms with Crippen molar-refractivity contribution in [1.29, 1.82) is 0 Å². The van der Waals surface area contributed by atoms with Gasteiger partial charge in [-0.2, -0.15) is 8.78 Å². The van der Waals surface area contributed by atoms with E-state index in [0.717, 1.165) is 0 Å². The van der Waals surface area contributed by atoms with Crippen molar-refractivity contribution in [3.8, 4) is 0 Å². The fourth-order valence-electron chi connectivity index (χ4n) is 0.635. The van der Waals surface area contributed by atoms with Crippen molar-refractivity contribution in [2.45, 2.75) is 51.7 Å². The van der Waals surface area contributed by atoms with Crippen LogP contribution in [0.4, 0.5) is 22.0 Å². The molecule has 98 valence electrons. The number of rotatable bonds is 7. The summed E-state index contributed by atoms with van der Waals surface area (Å²) >= 11 is 0. The Morgan fingerprint density at radius 1 is 1.00 bits per heavy atom. The molecule has 0 heterocycles. The van der Waals surface area contributed by atoms with E-state index in [1.165, 1.54) is 0 Å². The molecule has 0 radical (unpaired) electrons. The summed E-state index contributed by atoms with van der Waals surface area (Å²) in [6.07, 6.45) is -8.30. The van der Waals surface area contributed by atoms with E-state index in [2.05, 4.69) is 9.47 Å². The summed E-state index contributed by atoms with van der Waals surface area (Å²) in [5.41, 5.74) is -3.22. The predicted octanol–water partition coefficient (Wildman–Crippen LogP) is 3.71. The molecular weight excluding hydrogens is 235 g/mol. The Labute approximate surface area is 90.7 Å². The van der Waals surface area contributed by atoms with Crippen LogP contribution in [0.5, 0.6) is 0 Å². The first-order valence-corrected chi connectivity index (χ1v) is 4.80. The van der Waals surface area contributed by atoms with Crippen molar-refractivity contribution in [1.82, 2.24) is 0 Å². The zero-order chi connectivity index (χ0) is 13.0. The minimum atomic E-state index is -4.62. The molecule has 0 aromatic carbocycles. The molecule has 0 aliphatic rings. The van der Waals surface area contributed by atoms with Gasteiger partial charge in [0.2, 0.25) is 0 Å². The van der Waals surface area contributed by atoms with Gasteiger partial charge in [-0.1, -0.05) is 13.3 Å². The second-order valence-electron chi connectivity index (χ2n) is 3.76. The first kappa shape index (κ1) is 15.6. The Balaban J connectivity index is 4.34. The average molecular weight is 250 g/mol. The molecule has 0 atom stereocenters. The summed E-state index contributed by atoms with van der Waals surface area (Å²) in [6, 6.07) is 0. The number of hydrogen-bond acceptors (Lipinski definition) is 2. The lowest BCUT2D eigenvalue weighted by Crippen LogP contribution is -2.47. The highest BCUT2D eigenvalue weighted by Crippen LogP contribution is 2.38. The van der Waals surface area contributed by atoms with Crippen LogP contribution >= 0.6 is 0 Å². The quantitative estimate of drug-likeness (QED) is 0.389. The first-order chi connectivity index (χ1) is 7.02. The molecule has 7 heteroatoms. The number of hydrogen-bond donors (Lipinski definition) is 0. The van der Waals surface area contributed by atoms with Gasteiger partial charge in [-0.15, -0.1) is 8.78 Å². The van der Waals surface area contributed by atoms with Crippen LogP contribution in [0.15, 0.2) is 0 Å². The van der Waals surface area contributed by atoms with E-state index >= 15 is 0 Å². The van der Waals surface area contributed by atoms with Gasteiger partial charge in [-0.05, 0) is 20.3 Å². The summed E-state index contributed by atoms with van der Waals surface area (Å²) in [4.78, 5) is 0. The van der Waals surface area contributed by atoms with Gasteiger partial charge in [0.25, 0.3) is 0 Å². The monoisotopic (exact) mass is 250 g/mol. The standard InChI is InChI=1S/C9H15F5O2/c1-4-5-6-15-9(13,14)16-8(11,12)7(2,3)10/h4-6H2,1-3H3. The summed E-state index contributed by atoms with van der Waals surface area (Å²) in [6.45, 7) is 2.15. The smallest absolute Gasteiger partial charge is 0.296 e. The third-order valence-corrected chi connectivity index (χ3v) is 1.71. The molecule has 0 saturated heterocycles. The predicted molar refractivity (Wildman–Crippen MR) is 47.0 cm³/mol. The van der Waals surface area contributed by atoms with E-state index < -0.39 is 24.7 Å². The largest absolute Gasteiger partial charge is 0.490 e. The number of unbranched alkanes of at least 4 members (excludes halogenated alkanes) is 1. The summed E-state index contributed by atoms with van der Waals surface area (Å²) in [5.74, 6) is 0. The van der Waals surface area contributed by atoms with Crippen LogP contribution in [0.1, 0.15) is 33.6 Å². The minimum absolute atomic E-state index is 0.267.